The van der Waals surface area contributed by atoms with Crippen molar-refractivity contribution in [2.24, 2.45) is 28.6 Å². The minimum atomic E-state index is 0.541. The van der Waals surface area contributed by atoms with Crippen molar-refractivity contribution in [1.82, 2.24) is 0 Å². The van der Waals surface area contributed by atoms with Crippen molar-refractivity contribution < 1.29 is 0 Å². The lowest BCUT2D eigenvalue weighted by molar-refractivity contribution is 0.0234. The van der Waals surface area contributed by atoms with Crippen LogP contribution < -0.4 is 0 Å². The zero-order valence-electron chi connectivity index (χ0n) is 14.2. The molecule has 0 aromatic carbocycles. The third-order valence-electron chi connectivity index (χ3n) is 7.16. The first-order valence-corrected chi connectivity index (χ1v) is 9.47. The molecule has 4 aliphatic carbocycles. The van der Waals surface area contributed by atoms with Gasteiger partial charge in [0.15, 0.2) is 0 Å². The molecule has 0 N–H and O–H groups in total. The van der Waals surface area contributed by atoms with Gasteiger partial charge >= 0.3 is 0 Å². The molecule has 0 aromatic rings. The minimum Gasteiger partial charge on any atom is -0.0599 e. The van der Waals surface area contributed by atoms with Crippen molar-refractivity contribution in [1.29, 1.82) is 0 Å². The summed E-state index contributed by atoms with van der Waals surface area (Å²) in [6.45, 7) is 7.38. The maximum atomic E-state index is 2.46. The molecule has 0 amide bonds. The van der Waals surface area contributed by atoms with Gasteiger partial charge < -0.3 is 0 Å². The molecule has 0 atom stereocenters. The second kappa shape index (κ2) is 5.65. The van der Waals surface area contributed by atoms with Crippen molar-refractivity contribution in [2.75, 3.05) is 0 Å². The largest absolute Gasteiger partial charge is 0.0599 e. The van der Waals surface area contributed by atoms with E-state index < -0.39 is 0 Å². The number of fused-ring (bicyclic) bond motifs is 4. The molecule has 2 bridgehead atoms. The molecule has 0 nitrogen and oxygen atoms in total. The molecule has 0 heteroatoms. The standard InChI is InChI=1S/C20H36/c1-19(2,3)18-10-12-20(13-11-18)14-16-6-4-7-17(15-20)9-5-8-16/h16-18H,4-15H2,1-3H3. The lowest BCUT2D eigenvalue weighted by atomic mass is 9.56. The Balaban J connectivity index is 1.69. The molecule has 0 heterocycles. The first-order chi connectivity index (χ1) is 9.47. The highest BCUT2D eigenvalue weighted by Crippen LogP contribution is 2.54. The zero-order chi connectivity index (χ0) is 14.2. The van der Waals surface area contributed by atoms with Crippen LogP contribution in [0.25, 0.3) is 0 Å². The van der Waals surface area contributed by atoms with E-state index in [0.717, 1.165) is 23.2 Å². The van der Waals surface area contributed by atoms with E-state index in [1.54, 1.807) is 51.4 Å². The van der Waals surface area contributed by atoms with Crippen LogP contribution in [0.1, 0.15) is 97.8 Å². The highest BCUT2D eigenvalue weighted by Gasteiger charge is 2.42. The predicted molar refractivity (Wildman–Crippen MR) is 87.8 cm³/mol. The molecule has 0 unspecified atom stereocenters. The third kappa shape index (κ3) is 3.25. The Hall–Kier alpha value is 0. The summed E-state index contributed by atoms with van der Waals surface area (Å²) in [6.07, 6.45) is 18.6. The maximum absolute atomic E-state index is 2.46. The predicted octanol–water partition coefficient (Wildman–Crippen LogP) is 6.59. The van der Waals surface area contributed by atoms with E-state index in [0.29, 0.717) is 5.41 Å². The summed E-state index contributed by atoms with van der Waals surface area (Å²) in [7, 11) is 0. The number of rotatable bonds is 0. The third-order valence-corrected chi connectivity index (χ3v) is 7.16. The van der Waals surface area contributed by atoms with Gasteiger partial charge in [-0.1, -0.05) is 59.3 Å². The fourth-order valence-corrected chi connectivity index (χ4v) is 5.90. The Labute approximate surface area is 127 Å². The molecule has 0 saturated heterocycles. The Bertz CT molecular complexity index is 287. The fraction of sp³-hybridized carbons (Fsp3) is 1.00. The Morgan fingerprint density at radius 1 is 0.700 bits per heavy atom. The molecule has 20 heavy (non-hydrogen) atoms. The SMILES string of the molecule is CC(C)(C)C1CCC2(CC1)CC1CCCC(CCC1)C2. The summed E-state index contributed by atoms with van der Waals surface area (Å²) in [5.41, 5.74) is 1.32. The van der Waals surface area contributed by atoms with E-state index in [9.17, 15) is 0 Å². The van der Waals surface area contributed by atoms with Gasteiger partial charge in [0.1, 0.15) is 0 Å². The summed E-state index contributed by atoms with van der Waals surface area (Å²) in [4.78, 5) is 0. The Morgan fingerprint density at radius 2 is 1.15 bits per heavy atom. The zero-order valence-corrected chi connectivity index (χ0v) is 14.2. The highest BCUT2D eigenvalue weighted by molar-refractivity contribution is 4.93. The van der Waals surface area contributed by atoms with E-state index in [-0.39, 0.29) is 0 Å². The summed E-state index contributed by atoms with van der Waals surface area (Å²) < 4.78 is 0. The lowest BCUT2D eigenvalue weighted by Gasteiger charge is -2.49. The molecule has 0 aromatic heterocycles. The maximum Gasteiger partial charge on any atom is -0.0292 e. The molecule has 4 saturated carbocycles. The van der Waals surface area contributed by atoms with Crippen molar-refractivity contribution in [3.63, 3.8) is 0 Å². The smallest absolute Gasteiger partial charge is 0.0292 e. The lowest BCUT2D eigenvalue weighted by Crippen LogP contribution is -2.37. The molecule has 116 valence electrons. The molecule has 4 rings (SSSR count). The summed E-state index contributed by atoms with van der Waals surface area (Å²) in [6, 6.07) is 0. The van der Waals surface area contributed by atoms with Gasteiger partial charge in [0.25, 0.3) is 0 Å². The van der Waals surface area contributed by atoms with E-state index in [2.05, 4.69) is 20.8 Å². The Kier molecular flexibility index (Phi) is 4.22. The van der Waals surface area contributed by atoms with Crippen molar-refractivity contribution in [3.8, 4) is 0 Å². The van der Waals surface area contributed by atoms with Gasteiger partial charge in [0, 0.05) is 0 Å². The molecule has 0 aliphatic heterocycles. The van der Waals surface area contributed by atoms with Crippen LogP contribution in [0, 0.1) is 28.6 Å². The van der Waals surface area contributed by atoms with Crippen LogP contribution in [0.15, 0.2) is 0 Å². The molecule has 4 aliphatic rings. The van der Waals surface area contributed by atoms with Crippen LogP contribution in [0.5, 0.6) is 0 Å². The van der Waals surface area contributed by atoms with E-state index in [1.807, 2.05) is 0 Å². The van der Waals surface area contributed by atoms with E-state index in [4.69, 9.17) is 0 Å². The first kappa shape index (κ1) is 14.9. The molecule has 1 spiro atoms. The van der Waals surface area contributed by atoms with Gasteiger partial charge in [-0.15, -0.1) is 0 Å². The fourth-order valence-electron chi connectivity index (χ4n) is 5.90. The summed E-state index contributed by atoms with van der Waals surface area (Å²) in [5.74, 6) is 3.16. The van der Waals surface area contributed by atoms with Crippen molar-refractivity contribution >= 4 is 0 Å². The van der Waals surface area contributed by atoms with Gasteiger partial charge in [0.05, 0.1) is 0 Å². The van der Waals surface area contributed by atoms with Gasteiger partial charge in [-0.3, -0.25) is 0 Å². The topological polar surface area (TPSA) is 0 Å². The van der Waals surface area contributed by atoms with Crippen LogP contribution >= 0.6 is 0 Å². The van der Waals surface area contributed by atoms with Gasteiger partial charge in [-0.25, -0.2) is 0 Å². The summed E-state index contributed by atoms with van der Waals surface area (Å²) in [5, 5.41) is 0. The van der Waals surface area contributed by atoms with Crippen LogP contribution in [-0.4, -0.2) is 0 Å². The van der Waals surface area contributed by atoms with Crippen molar-refractivity contribution in [2.45, 2.75) is 97.8 Å². The summed E-state index contributed by atoms with van der Waals surface area (Å²) >= 11 is 0. The van der Waals surface area contributed by atoms with Crippen LogP contribution in [-0.2, 0) is 0 Å². The highest BCUT2D eigenvalue weighted by atomic mass is 14.5. The van der Waals surface area contributed by atoms with E-state index >= 15 is 0 Å². The Morgan fingerprint density at radius 3 is 1.55 bits per heavy atom. The molecule has 4 fully saturated rings. The second-order valence-electron chi connectivity index (χ2n) is 9.64. The van der Waals surface area contributed by atoms with Gasteiger partial charge in [-0.2, -0.15) is 0 Å². The first-order valence-electron chi connectivity index (χ1n) is 9.47. The normalized spacial score (nSPS) is 43.0. The second-order valence-corrected chi connectivity index (χ2v) is 9.64. The van der Waals surface area contributed by atoms with E-state index in [1.165, 1.54) is 25.7 Å². The van der Waals surface area contributed by atoms with Gasteiger partial charge in [0.2, 0.25) is 0 Å². The molecule has 0 radical (unpaired) electrons. The van der Waals surface area contributed by atoms with Crippen LogP contribution in [0.3, 0.4) is 0 Å². The monoisotopic (exact) mass is 276 g/mol. The van der Waals surface area contributed by atoms with Crippen molar-refractivity contribution in [3.05, 3.63) is 0 Å². The average Bonchev–Trinajstić information content (AvgIpc) is 2.31. The number of hydrogen-bond donors (Lipinski definition) is 0. The average molecular weight is 277 g/mol. The quantitative estimate of drug-likeness (QED) is 0.468. The molecular weight excluding hydrogens is 240 g/mol. The molecular formula is C20H36. The van der Waals surface area contributed by atoms with Gasteiger partial charge in [-0.05, 0) is 67.1 Å². The minimum absolute atomic E-state index is 0.541. The van der Waals surface area contributed by atoms with Crippen LogP contribution in [0.4, 0.5) is 0 Å². The number of hydrogen-bond acceptors (Lipinski definition) is 0. The van der Waals surface area contributed by atoms with Crippen LogP contribution in [0.2, 0.25) is 0 Å².